The summed E-state index contributed by atoms with van der Waals surface area (Å²) in [5, 5.41) is 10.9. The highest BCUT2D eigenvalue weighted by Crippen LogP contribution is 2.49. The maximum atomic E-state index is 12.8. The van der Waals surface area contributed by atoms with Gasteiger partial charge in [-0.05, 0) is 43.2 Å². The van der Waals surface area contributed by atoms with Crippen LogP contribution in [0.3, 0.4) is 0 Å². The van der Waals surface area contributed by atoms with Crippen molar-refractivity contribution in [2.75, 3.05) is 20.3 Å². The fourth-order valence-electron chi connectivity index (χ4n) is 4.44. The zero-order valence-electron chi connectivity index (χ0n) is 19.5. The maximum Gasteiger partial charge on any atom is 0.234 e. The van der Waals surface area contributed by atoms with E-state index in [-0.39, 0.29) is 22.8 Å². The second kappa shape index (κ2) is 8.35. The van der Waals surface area contributed by atoms with Crippen LogP contribution < -0.4 is 10.2 Å². The molecule has 1 atom stereocenters. The minimum Gasteiger partial charge on any atom is -0.503 e. The summed E-state index contributed by atoms with van der Waals surface area (Å²) in [5.41, 5.74) is 2.01. The van der Waals surface area contributed by atoms with Crippen LogP contribution in [-0.4, -0.2) is 40.8 Å². The van der Waals surface area contributed by atoms with Crippen molar-refractivity contribution >= 4 is 5.78 Å². The first kappa shape index (κ1) is 22.5. The lowest BCUT2D eigenvalue weighted by molar-refractivity contribution is 0.101. The number of pyridine rings is 2. The molecule has 7 heteroatoms. The molecule has 2 aromatic heterocycles. The van der Waals surface area contributed by atoms with E-state index in [0.717, 1.165) is 36.3 Å². The third kappa shape index (κ3) is 4.06. The number of Topliss-reactive ketones (excluding diaryl/α,β-unsaturated/α-hetero) is 1. The van der Waals surface area contributed by atoms with Crippen LogP contribution in [0.4, 0.5) is 0 Å². The average molecular weight is 441 g/mol. The largest absolute Gasteiger partial charge is 0.503 e. The fourth-order valence-corrected chi connectivity index (χ4v) is 4.44. The van der Waals surface area contributed by atoms with E-state index in [9.17, 15) is 14.7 Å². The third-order valence-electron chi connectivity index (χ3n) is 6.37. The predicted molar refractivity (Wildman–Crippen MR) is 122 cm³/mol. The Kier molecular flexibility index (Phi) is 5.88. The summed E-state index contributed by atoms with van der Waals surface area (Å²) in [7, 11) is 1.67. The first-order valence-electron chi connectivity index (χ1n) is 11.3. The number of ether oxygens (including phenoxy) is 2. The maximum absolute atomic E-state index is 12.8. The molecule has 0 aromatic carbocycles. The lowest BCUT2D eigenvalue weighted by Crippen LogP contribution is -2.33. The second-order valence-corrected chi connectivity index (χ2v) is 9.97. The molecule has 3 heterocycles. The molecule has 0 bridgehead atoms. The summed E-state index contributed by atoms with van der Waals surface area (Å²) >= 11 is 0. The standard InChI is InChI=1S/C25H32N2O5/c1-14(28)17-13-27-19(25(2,3)4)12-16-11-18(32-10-6-9-31-5)20(15-7-8-15)26-21(16)22(27)24(30)23(17)29/h11,13,15,19,30H,6-10,12H2,1-5H3/t19-/m0/s1. The number of carbonyl (C=O) groups excluding carboxylic acids is 1. The molecular weight excluding hydrogens is 408 g/mol. The Morgan fingerprint density at radius 3 is 2.59 bits per heavy atom. The van der Waals surface area contributed by atoms with Gasteiger partial charge in [-0.3, -0.25) is 9.59 Å². The summed E-state index contributed by atoms with van der Waals surface area (Å²) in [6, 6.07) is 1.97. The number of hydrogen-bond acceptors (Lipinski definition) is 6. The summed E-state index contributed by atoms with van der Waals surface area (Å²) in [6.07, 6.45) is 5.15. The van der Waals surface area contributed by atoms with Gasteiger partial charge in [0, 0.05) is 38.3 Å². The van der Waals surface area contributed by atoms with E-state index >= 15 is 0 Å². The normalized spacial score (nSPS) is 17.6. The van der Waals surface area contributed by atoms with Crippen LogP contribution in [0.25, 0.3) is 11.4 Å². The molecule has 0 saturated heterocycles. The molecule has 2 aliphatic rings. The Hall–Kier alpha value is -2.67. The quantitative estimate of drug-likeness (QED) is 0.511. The van der Waals surface area contributed by atoms with E-state index < -0.39 is 11.2 Å². The van der Waals surface area contributed by atoms with Gasteiger partial charge in [0.05, 0.1) is 23.6 Å². The lowest BCUT2D eigenvalue weighted by atomic mass is 9.79. The van der Waals surface area contributed by atoms with Crippen molar-refractivity contribution in [1.29, 1.82) is 0 Å². The zero-order valence-corrected chi connectivity index (χ0v) is 19.5. The van der Waals surface area contributed by atoms with Gasteiger partial charge in [0.15, 0.2) is 11.5 Å². The lowest BCUT2D eigenvalue weighted by Gasteiger charge is -2.39. The van der Waals surface area contributed by atoms with Crippen LogP contribution in [0.1, 0.15) is 80.5 Å². The van der Waals surface area contributed by atoms with Crippen molar-refractivity contribution in [1.82, 2.24) is 9.55 Å². The topological polar surface area (TPSA) is 90.7 Å². The van der Waals surface area contributed by atoms with Gasteiger partial charge in [-0.2, -0.15) is 0 Å². The third-order valence-corrected chi connectivity index (χ3v) is 6.37. The molecule has 32 heavy (non-hydrogen) atoms. The molecule has 1 fully saturated rings. The van der Waals surface area contributed by atoms with E-state index in [4.69, 9.17) is 14.5 Å². The van der Waals surface area contributed by atoms with Crippen LogP contribution in [-0.2, 0) is 11.2 Å². The monoisotopic (exact) mass is 440 g/mol. The Morgan fingerprint density at radius 1 is 1.28 bits per heavy atom. The summed E-state index contributed by atoms with van der Waals surface area (Å²) in [5.74, 6) is 0.351. The van der Waals surface area contributed by atoms with Crippen LogP contribution in [0.15, 0.2) is 17.1 Å². The van der Waals surface area contributed by atoms with E-state index in [1.165, 1.54) is 6.92 Å². The van der Waals surface area contributed by atoms with Crippen LogP contribution in [0.5, 0.6) is 11.5 Å². The first-order chi connectivity index (χ1) is 15.1. The number of fused-ring (bicyclic) bond motifs is 3. The van der Waals surface area contributed by atoms with Crippen LogP contribution >= 0.6 is 0 Å². The number of hydrogen-bond donors (Lipinski definition) is 1. The van der Waals surface area contributed by atoms with Gasteiger partial charge < -0.3 is 19.1 Å². The van der Waals surface area contributed by atoms with Crippen molar-refractivity contribution in [3.63, 3.8) is 0 Å². The molecule has 7 nitrogen and oxygen atoms in total. The van der Waals surface area contributed by atoms with E-state index in [1.807, 2.05) is 10.6 Å². The molecule has 2 aromatic rings. The Balaban J connectivity index is 1.89. The number of ketones is 1. The van der Waals surface area contributed by atoms with Gasteiger partial charge in [-0.1, -0.05) is 20.8 Å². The predicted octanol–water partition coefficient (Wildman–Crippen LogP) is 4.25. The average Bonchev–Trinajstić information content (AvgIpc) is 3.56. The minimum atomic E-state index is -0.640. The Labute approximate surface area is 188 Å². The molecule has 1 N–H and O–H groups in total. The van der Waals surface area contributed by atoms with Gasteiger partial charge in [0.2, 0.25) is 5.43 Å². The highest BCUT2D eigenvalue weighted by molar-refractivity contribution is 5.94. The van der Waals surface area contributed by atoms with Crippen molar-refractivity contribution in [2.24, 2.45) is 5.41 Å². The highest BCUT2D eigenvalue weighted by atomic mass is 16.5. The van der Waals surface area contributed by atoms with Crippen molar-refractivity contribution in [2.45, 2.75) is 65.3 Å². The number of nitrogens with zero attached hydrogens (tertiary/aromatic N) is 2. The number of rotatable bonds is 7. The van der Waals surface area contributed by atoms with Gasteiger partial charge in [0.1, 0.15) is 11.4 Å². The highest BCUT2D eigenvalue weighted by Gasteiger charge is 2.38. The zero-order chi connectivity index (χ0) is 23.2. The SMILES string of the molecule is COCCCOc1cc2c(nc1C1CC1)-c1c(O)c(=O)c(C(C)=O)cn1[C@H](C(C)(C)C)C2. The number of aromatic hydroxyl groups is 1. The number of aromatic nitrogens is 2. The molecule has 0 unspecified atom stereocenters. The Morgan fingerprint density at radius 2 is 2.00 bits per heavy atom. The molecule has 0 amide bonds. The summed E-state index contributed by atoms with van der Waals surface area (Å²) in [4.78, 5) is 29.8. The summed E-state index contributed by atoms with van der Waals surface area (Å²) < 4.78 is 13.1. The minimum absolute atomic E-state index is 0.00413. The first-order valence-corrected chi connectivity index (χ1v) is 11.3. The van der Waals surface area contributed by atoms with Gasteiger partial charge >= 0.3 is 0 Å². The van der Waals surface area contributed by atoms with E-state index in [1.54, 1.807) is 13.3 Å². The molecule has 1 aliphatic heterocycles. The molecule has 4 rings (SSSR count). The fraction of sp³-hybridized carbons (Fsp3) is 0.560. The second-order valence-electron chi connectivity index (χ2n) is 9.97. The molecule has 0 spiro atoms. The molecule has 0 radical (unpaired) electrons. The summed E-state index contributed by atoms with van der Waals surface area (Å²) in [6.45, 7) is 8.87. The van der Waals surface area contributed by atoms with Gasteiger partial charge in [0.25, 0.3) is 0 Å². The van der Waals surface area contributed by atoms with Crippen molar-refractivity contribution in [3.05, 3.63) is 39.3 Å². The smallest absolute Gasteiger partial charge is 0.234 e. The van der Waals surface area contributed by atoms with Crippen molar-refractivity contribution in [3.8, 4) is 22.9 Å². The van der Waals surface area contributed by atoms with E-state index in [0.29, 0.717) is 36.9 Å². The Bertz CT molecular complexity index is 1110. The number of carbonyl (C=O) groups is 1. The number of methoxy groups -OCH3 is 1. The molecule has 1 saturated carbocycles. The van der Waals surface area contributed by atoms with E-state index in [2.05, 4.69) is 20.8 Å². The van der Waals surface area contributed by atoms with Crippen LogP contribution in [0, 0.1) is 5.41 Å². The molecule has 172 valence electrons. The van der Waals surface area contributed by atoms with Gasteiger partial charge in [-0.25, -0.2) is 4.98 Å². The van der Waals surface area contributed by atoms with Crippen LogP contribution in [0.2, 0.25) is 0 Å². The van der Waals surface area contributed by atoms with Gasteiger partial charge in [-0.15, -0.1) is 0 Å². The molecule has 1 aliphatic carbocycles. The molecular formula is C25H32N2O5. The van der Waals surface area contributed by atoms with Crippen molar-refractivity contribution < 1.29 is 19.4 Å².